The molecule has 174 valence electrons. The molecular weight excluding hydrogens is 510 g/mol. The van der Waals surface area contributed by atoms with Gasteiger partial charge in [0.1, 0.15) is 11.9 Å². The fourth-order valence-corrected chi connectivity index (χ4v) is 5.00. The Labute approximate surface area is 193 Å². The van der Waals surface area contributed by atoms with Crippen LogP contribution in [0.2, 0.25) is 0 Å². The topological polar surface area (TPSA) is 137 Å². The molecule has 13 heteroatoms. The van der Waals surface area contributed by atoms with Crippen molar-refractivity contribution < 1.29 is 37.3 Å². The molecule has 1 unspecified atom stereocenters. The van der Waals surface area contributed by atoms with Crippen LogP contribution in [0.5, 0.6) is 11.6 Å². The molecule has 32 heavy (non-hydrogen) atoms. The molecular formula is C19H22BrN3O8S. The fourth-order valence-electron chi connectivity index (χ4n) is 3.08. The van der Waals surface area contributed by atoms with E-state index in [1.807, 2.05) is 0 Å². The van der Waals surface area contributed by atoms with E-state index in [0.29, 0.717) is 16.8 Å². The molecule has 1 aromatic heterocycles. The molecule has 11 nitrogen and oxygen atoms in total. The lowest BCUT2D eigenvalue weighted by Crippen LogP contribution is -2.43. The lowest BCUT2D eigenvalue weighted by molar-refractivity contribution is -0.143. The third-order valence-corrected chi connectivity index (χ3v) is 6.93. The number of fused-ring (bicyclic) bond motifs is 1. The number of hydrogen-bond donors (Lipinski definition) is 1. The molecule has 0 saturated carbocycles. The normalized spacial score (nSPS) is 15.6. The maximum atomic E-state index is 13.7. The van der Waals surface area contributed by atoms with Gasteiger partial charge in [-0.2, -0.15) is 0 Å². The van der Waals surface area contributed by atoms with Gasteiger partial charge in [0.05, 0.1) is 19.3 Å². The van der Waals surface area contributed by atoms with Crippen molar-refractivity contribution in [3.05, 3.63) is 28.9 Å². The van der Waals surface area contributed by atoms with Crippen molar-refractivity contribution >= 4 is 43.6 Å². The summed E-state index contributed by atoms with van der Waals surface area (Å²) in [6.45, 7) is 1.53. The Morgan fingerprint density at radius 3 is 2.78 bits per heavy atom. The Balaban J connectivity index is 2.02. The quantitative estimate of drug-likeness (QED) is 0.481. The first-order chi connectivity index (χ1) is 15.1. The van der Waals surface area contributed by atoms with Gasteiger partial charge in [0, 0.05) is 23.6 Å². The molecule has 2 aromatic rings. The lowest BCUT2D eigenvalue weighted by atomic mass is 10.1. The minimum Gasteiger partial charge on any atom is -0.486 e. The highest BCUT2D eigenvalue weighted by Crippen LogP contribution is 2.40. The number of aliphatic carboxylic acids is 1. The lowest BCUT2D eigenvalue weighted by Gasteiger charge is -2.35. The standard InChI is InChI=1S/C19H22BrN3O8S/c1-3-22-10-16(19(21-22)30-11-18(26)29-2)32(27,28)23-9-13(5-7-17(24)25)31-15-6-4-12(20)8-14(15)23/h4,6,8,10,13H,3,5,7,9,11H2,1-2H3,(H,24,25). The number of carboxylic acids is 1. The van der Waals surface area contributed by atoms with Gasteiger partial charge in [-0.25, -0.2) is 13.2 Å². The van der Waals surface area contributed by atoms with Crippen LogP contribution < -0.4 is 13.8 Å². The van der Waals surface area contributed by atoms with E-state index < -0.39 is 34.7 Å². The van der Waals surface area contributed by atoms with Crippen LogP contribution >= 0.6 is 15.9 Å². The fraction of sp³-hybridized carbons (Fsp3) is 0.421. The summed E-state index contributed by atoms with van der Waals surface area (Å²) in [4.78, 5) is 22.3. The van der Waals surface area contributed by atoms with Crippen molar-refractivity contribution in [1.29, 1.82) is 0 Å². The van der Waals surface area contributed by atoms with Crippen molar-refractivity contribution in [3.63, 3.8) is 0 Å². The van der Waals surface area contributed by atoms with Crippen LogP contribution in [-0.2, 0) is 30.9 Å². The van der Waals surface area contributed by atoms with E-state index in [0.717, 1.165) is 4.31 Å². The number of methoxy groups -OCH3 is 1. The largest absolute Gasteiger partial charge is 0.486 e. The Hall–Kier alpha value is -2.80. The van der Waals surface area contributed by atoms with Crippen molar-refractivity contribution in [3.8, 4) is 11.6 Å². The van der Waals surface area contributed by atoms with E-state index in [1.54, 1.807) is 25.1 Å². The minimum absolute atomic E-state index is 0.104. The number of anilines is 1. The molecule has 0 fully saturated rings. The van der Waals surface area contributed by atoms with E-state index in [1.165, 1.54) is 18.0 Å². The maximum Gasteiger partial charge on any atom is 0.343 e. The SMILES string of the molecule is CCn1cc(S(=O)(=O)N2CC(CCC(=O)O)Oc3ccc(Br)cc32)c(OCC(=O)OC)n1. The zero-order chi connectivity index (χ0) is 23.5. The molecule has 1 aliphatic rings. The van der Waals surface area contributed by atoms with Gasteiger partial charge < -0.3 is 19.3 Å². The molecule has 0 aliphatic carbocycles. The van der Waals surface area contributed by atoms with Crippen LogP contribution in [-0.4, -0.2) is 61.6 Å². The van der Waals surface area contributed by atoms with E-state index >= 15 is 0 Å². The summed E-state index contributed by atoms with van der Waals surface area (Å²) >= 11 is 3.34. The minimum atomic E-state index is -4.21. The predicted molar refractivity (Wildman–Crippen MR) is 115 cm³/mol. The number of carbonyl (C=O) groups excluding carboxylic acids is 1. The van der Waals surface area contributed by atoms with E-state index in [9.17, 15) is 18.0 Å². The van der Waals surface area contributed by atoms with Crippen molar-refractivity contribution in [1.82, 2.24) is 9.78 Å². The van der Waals surface area contributed by atoms with Gasteiger partial charge in [0.25, 0.3) is 15.9 Å². The van der Waals surface area contributed by atoms with Crippen LogP contribution in [0, 0.1) is 0 Å². The van der Waals surface area contributed by atoms with E-state index in [2.05, 4.69) is 25.8 Å². The number of benzene rings is 1. The first-order valence-corrected chi connectivity index (χ1v) is 11.9. The van der Waals surface area contributed by atoms with Crippen LogP contribution in [0.4, 0.5) is 5.69 Å². The van der Waals surface area contributed by atoms with Crippen LogP contribution in [0.25, 0.3) is 0 Å². The summed E-state index contributed by atoms with van der Waals surface area (Å²) in [5.41, 5.74) is 0.286. The number of nitrogens with zero attached hydrogens (tertiary/aromatic N) is 3. The Morgan fingerprint density at radius 2 is 2.12 bits per heavy atom. The first-order valence-electron chi connectivity index (χ1n) is 9.63. The summed E-state index contributed by atoms with van der Waals surface area (Å²) in [5, 5.41) is 13.1. The average Bonchev–Trinajstić information content (AvgIpc) is 3.19. The summed E-state index contributed by atoms with van der Waals surface area (Å²) in [6.07, 6.45) is 0.597. The highest BCUT2D eigenvalue weighted by molar-refractivity contribution is 9.10. The van der Waals surface area contributed by atoms with E-state index in [4.69, 9.17) is 14.6 Å². The Kier molecular flexibility index (Phi) is 7.29. The third-order valence-electron chi connectivity index (χ3n) is 4.68. The Bertz CT molecular complexity index is 1120. The van der Waals surface area contributed by atoms with Gasteiger partial charge in [0.15, 0.2) is 11.5 Å². The maximum absolute atomic E-state index is 13.7. The van der Waals surface area contributed by atoms with Crippen molar-refractivity contribution in [2.45, 2.75) is 37.3 Å². The smallest absolute Gasteiger partial charge is 0.343 e. The molecule has 1 N–H and O–H groups in total. The summed E-state index contributed by atoms with van der Waals surface area (Å²) < 4.78 is 46.3. The number of ether oxygens (including phenoxy) is 3. The number of aromatic nitrogens is 2. The first kappa shape index (κ1) is 23.9. The van der Waals surface area contributed by atoms with Crippen molar-refractivity contribution in [2.75, 3.05) is 24.6 Å². The zero-order valence-electron chi connectivity index (χ0n) is 17.4. The molecule has 0 radical (unpaired) electrons. The summed E-state index contributed by atoms with van der Waals surface area (Å²) in [5.74, 6) is -1.62. The molecule has 0 amide bonds. The number of hydrogen-bond acceptors (Lipinski definition) is 8. The molecule has 2 heterocycles. The molecule has 1 aromatic carbocycles. The Morgan fingerprint density at radius 1 is 1.38 bits per heavy atom. The van der Waals surface area contributed by atoms with Gasteiger partial charge in [-0.3, -0.25) is 13.8 Å². The van der Waals surface area contributed by atoms with Gasteiger partial charge in [0.2, 0.25) is 0 Å². The highest BCUT2D eigenvalue weighted by Gasteiger charge is 2.38. The van der Waals surface area contributed by atoms with Gasteiger partial charge in [-0.15, -0.1) is 5.10 Å². The molecule has 1 aliphatic heterocycles. The van der Waals surface area contributed by atoms with Crippen LogP contribution in [0.1, 0.15) is 19.8 Å². The molecule has 3 rings (SSSR count). The molecule has 0 bridgehead atoms. The summed E-state index contributed by atoms with van der Waals surface area (Å²) in [6, 6.07) is 4.90. The number of aryl methyl sites for hydroxylation is 1. The number of carboxylic acid groups (broad SMARTS) is 1. The van der Waals surface area contributed by atoms with Crippen molar-refractivity contribution in [2.24, 2.45) is 0 Å². The number of sulfonamides is 1. The average molecular weight is 532 g/mol. The van der Waals surface area contributed by atoms with Crippen LogP contribution in [0.3, 0.4) is 0 Å². The molecule has 0 saturated heterocycles. The second-order valence-corrected chi connectivity index (χ2v) is 9.59. The van der Waals surface area contributed by atoms with Crippen LogP contribution in [0.15, 0.2) is 33.8 Å². The zero-order valence-corrected chi connectivity index (χ0v) is 19.8. The van der Waals surface area contributed by atoms with Gasteiger partial charge in [-0.05, 0) is 31.5 Å². The molecule has 0 spiro atoms. The highest BCUT2D eigenvalue weighted by atomic mass is 79.9. The van der Waals surface area contributed by atoms with Gasteiger partial charge in [-0.1, -0.05) is 15.9 Å². The van der Waals surface area contributed by atoms with Gasteiger partial charge >= 0.3 is 11.9 Å². The number of esters is 1. The summed E-state index contributed by atoms with van der Waals surface area (Å²) in [7, 11) is -3.03. The third kappa shape index (κ3) is 5.15. The number of carbonyl (C=O) groups is 2. The second kappa shape index (κ2) is 9.77. The number of rotatable bonds is 9. The van der Waals surface area contributed by atoms with E-state index in [-0.39, 0.29) is 35.8 Å². The second-order valence-electron chi connectivity index (χ2n) is 6.84. The molecule has 1 atom stereocenters. The number of halogens is 1. The monoisotopic (exact) mass is 531 g/mol. The predicted octanol–water partition coefficient (Wildman–Crippen LogP) is 2.04.